The van der Waals surface area contributed by atoms with Crippen LogP contribution in [-0.2, 0) is 5.54 Å². The van der Waals surface area contributed by atoms with E-state index in [4.69, 9.17) is 10.3 Å². The van der Waals surface area contributed by atoms with Gasteiger partial charge in [-0.2, -0.15) is 4.98 Å². The zero-order chi connectivity index (χ0) is 15.1. The Bertz CT molecular complexity index is 633. The smallest absolute Gasteiger partial charge is 0.406 e. The van der Waals surface area contributed by atoms with Crippen molar-refractivity contribution in [3.8, 4) is 17.2 Å². The van der Waals surface area contributed by atoms with Crippen LogP contribution in [0.5, 0.6) is 5.75 Å². The van der Waals surface area contributed by atoms with E-state index >= 15 is 0 Å². The molecule has 0 amide bonds. The zero-order valence-electron chi connectivity index (χ0n) is 10.9. The summed E-state index contributed by atoms with van der Waals surface area (Å²) in [5.41, 5.74) is 6.04. The first-order valence-electron chi connectivity index (χ1n) is 6.35. The van der Waals surface area contributed by atoms with Gasteiger partial charge in [0, 0.05) is 5.56 Å². The van der Waals surface area contributed by atoms with Gasteiger partial charge in [0.2, 0.25) is 0 Å². The highest BCUT2D eigenvalue weighted by Gasteiger charge is 2.39. The van der Waals surface area contributed by atoms with Gasteiger partial charge < -0.3 is 15.0 Å². The van der Waals surface area contributed by atoms with Crippen molar-refractivity contribution in [2.45, 2.75) is 31.2 Å². The van der Waals surface area contributed by atoms with Crippen LogP contribution in [0.3, 0.4) is 0 Å². The molecule has 1 aliphatic rings. The monoisotopic (exact) mass is 299 g/mol. The lowest BCUT2D eigenvalue weighted by Gasteiger charge is -2.34. The lowest BCUT2D eigenvalue weighted by atomic mass is 9.77. The van der Waals surface area contributed by atoms with Gasteiger partial charge in [0.15, 0.2) is 5.82 Å². The zero-order valence-corrected chi connectivity index (χ0v) is 10.9. The Morgan fingerprint density at radius 1 is 1.19 bits per heavy atom. The number of benzene rings is 1. The quantitative estimate of drug-likeness (QED) is 0.943. The van der Waals surface area contributed by atoms with E-state index in [9.17, 15) is 13.2 Å². The molecular formula is C13H12F3N3O2. The van der Waals surface area contributed by atoms with Crippen LogP contribution in [0.4, 0.5) is 13.2 Å². The van der Waals surface area contributed by atoms with Gasteiger partial charge in [-0.1, -0.05) is 5.16 Å². The van der Waals surface area contributed by atoms with Crippen LogP contribution in [0.2, 0.25) is 0 Å². The molecule has 0 spiro atoms. The van der Waals surface area contributed by atoms with Gasteiger partial charge >= 0.3 is 6.36 Å². The van der Waals surface area contributed by atoms with Gasteiger partial charge in [-0.05, 0) is 43.5 Å². The Kier molecular flexibility index (Phi) is 3.12. The van der Waals surface area contributed by atoms with Crippen LogP contribution in [0.15, 0.2) is 28.8 Å². The van der Waals surface area contributed by atoms with E-state index < -0.39 is 11.9 Å². The maximum atomic E-state index is 12.1. The molecule has 1 fully saturated rings. The molecule has 1 aromatic carbocycles. The summed E-state index contributed by atoms with van der Waals surface area (Å²) in [5.74, 6) is 0.347. The highest BCUT2D eigenvalue weighted by molar-refractivity contribution is 5.54. The SMILES string of the molecule is NC1(c2noc(-c3ccc(OC(F)(F)F)cc3)n2)CCC1. The van der Waals surface area contributed by atoms with Crippen LogP contribution < -0.4 is 10.5 Å². The van der Waals surface area contributed by atoms with Crippen molar-refractivity contribution in [1.29, 1.82) is 0 Å². The topological polar surface area (TPSA) is 74.2 Å². The maximum Gasteiger partial charge on any atom is 0.573 e. The van der Waals surface area contributed by atoms with Crippen LogP contribution >= 0.6 is 0 Å². The summed E-state index contributed by atoms with van der Waals surface area (Å²) in [7, 11) is 0. The van der Waals surface area contributed by atoms with Crippen molar-refractivity contribution in [2.75, 3.05) is 0 Å². The standard InChI is InChI=1S/C13H12F3N3O2/c14-13(15,16)20-9-4-2-8(3-5-9)10-18-11(19-21-10)12(17)6-1-7-12/h2-5H,1,6-7,17H2. The van der Waals surface area contributed by atoms with Gasteiger partial charge in [0.25, 0.3) is 5.89 Å². The minimum atomic E-state index is -4.71. The van der Waals surface area contributed by atoms with Crippen molar-refractivity contribution < 1.29 is 22.4 Å². The number of alkyl halides is 3. The second kappa shape index (κ2) is 4.73. The molecule has 5 nitrogen and oxygen atoms in total. The Morgan fingerprint density at radius 3 is 2.38 bits per heavy atom. The van der Waals surface area contributed by atoms with Crippen LogP contribution in [0, 0.1) is 0 Å². The average molecular weight is 299 g/mol. The summed E-state index contributed by atoms with van der Waals surface area (Å²) >= 11 is 0. The van der Waals surface area contributed by atoms with Gasteiger partial charge in [0.05, 0.1) is 5.54 Å². The number of aromatic nitrogens is 2. The van der Waals surface area contributed by atoms with Crippen molar-refractivity contribution in [2.24, 2.45) is 5.73 Å². The predicted molar refractivity (Wildman–Crippen MR) is 66.1 cm³/mol. The van der Waals surface area contributed by atoms with Crippen molar-refractivity contribution in [1.82, 2.24) is 10.1 Å². The molecule has 3 rings (SSSR count). The van der Waals surface area contributed by atoms with Crippen LogP contribution in [0.1, 0.15) is 25.1 Å². The highest BCUT2D eigenvalue weighted by atomic mass is 19.4. The molecule has 0 bridgehead atoms. The molecule has 1 aromatic heterocycles. The van der Waals surface area contributed by atoms with Gasteiger partial charge in [-0.25, -0.2) is 0 Å². The summed E-state index contributed by atoms with van der Waals surface area (Å²) in [5, 5.41) is 3.85. The minimum absolute atomic E-state index is 0.222. The first-order valence-corrected chi connectivity index (χ1v) is 6.35. The minimum Gasteiger partial charge on any atom is -0.406 e. The molecule has 0 aliphatic heterocycles. The number of halogens is 3. The number of hydrogen-bond donors (Lipinski definition) is 1. The van der Waals surface area contributed by atoms with E-state index in [0.29, 0.717) is 11.4 Å². The van der Waals surface area contributed by atoms with Crippen LogP contribution in [-0.4, -0.2) is 16.5 Å². The number of rotatable bonds is 3. The molecule has 0 unspecified atom stereocenters. The van der Waals surface area contributed by atoms with Gasteiger partial charge in [-0.15, -0.1) is 13.2 Å². The Morgan fingerprint density at radius 2 is 1.86 bits per heavy atom. The third-order valence-corrected chi connectivity index (χ3v) is 3.45. The molecule has 2 N–H and O–H groups in total. The highest BCUT2D eigenvalue weighted by Crippen LogP contribution is 2.37. The van der Waals surface area contributed by atoms with Crippen molar-refractivity contribution in [3.63, 3.8) is 0 Å². The number of ether oxygens (including phenoxy) is 1. The fourth-order valence-corrected chi connectivity index (χ4v) is 2.12. The van der Waals surface area contributed by atoms with Gasteiger partial charge in [-0.3, -0.25) is 0 Å². The molecule has 21 heavy (non-hydrogen) atoms. The lowest BCUT2D eigenvalue weighted by Crippen LogP contribution is -2.44. The third kappa shape index (κ3) is 2.85. The van der Waals surface area contributed by atoms with Crippen molar-refractivity contribution >= 4 is 0 Å². The second-order valence-electron chi connectivity index (χ2n) is 5.01. The van der Waals surface area contributed by atoms with E-state index in [1.54, 1.807) is 0 Å². The number of nitrogens with two attached hydrogens (primary N) is 1. The Balaban J connectivity index is 1.78. The van der Waals surface area contributed by atoms with E-state index in [-0.39, 0.29) is 11.6 Å². The molecule has 112 valence electrons. The normalized spacial score (nSPS) is 17.3. The van der Waals surface area contributed by atoms with Crippen molar-refractivity contribution in [3.05, 3.63) is 30.1 Å². The van der Waals surface area contributed by atoms with E-state index in [2.05, 4.69) is 14.9 Å². The summed E-state index contributed by atoms with van der Waals surface area (Å²) < 4.78 is 45.1. The van der Waals surface area contributed by atoms with E-state index in [1.165, 1.54) is 24.3 Å². The molecule has 1 aliphatic carbocycles. The lowest BCUT2D eigenvalue weighted by molar-refractivity contribution is -0.274. The fraction of sp³-hybridized carbons (Fsp3) is 0.385. The Labute approximate surface area is 117 Å². The third-order valence-electron chi connectivity index (χ3n) is 3.45. The number of hydrogen-bond acceptors (Lipinski definition) is 5. The van der Waals surface area contributed by atoms with E-state index in [1.807, 2.05) is 0 Å². The van der Waals surface area contributed by atoms with Gasteiger partial charge in [0.1, 0.15) is 5.75 Å². The molecular weight excluding hydrogens is 287 g/mol. The summed E-state index contributed by atoms with van der Waals surface area (Å²) in [4.78, 5) is 4.21. The molecule has 0 saturated heterocycles. The summed E-state index contributed by atoms with van der Waals surface area (Å²) in [6.45, 7) is 0. The molecule has 0 atom stereocenters. The van der Waals surface area contributed by atoms with E-state index in [0.717, 1.165) is 19.3 Å². The molecule has 8 heteroatoms. The largest absolute Gasteiger partial charge is 0.573 e. The number of nitrogens with zero attached hydrogens (tertiary/aromatic N) is 2. The Hall–Kier alpha value is -2.09. The average Bonchev–Trinajstić information content (AvgIpc) is 2.85. The first kappa shape index (κ1) is 13.9. The molecule has 1 saturated carbocycles. The first-order chi connectivity index (χ1) is 9.86. The molecule has 0 radical (unpaired) electrons. The van der Waals surface area contributed by atoms with Crippen LogP contribution in [0.25, 0.3) is 11.5 Å². The molecule has 2 aromatic rings. The maximum absolute atomic E-state index is 12.1. The second-order valence-corrected chi connectivity index (χ2v) is 5.01. The summed E-state index contributed by atoms with van der Waals surface area (Å²) in [6, 6.07) is 5.22. The predicted octanol–water partition coefficient (Wildman–Crippen LogP) is 2.97. The fourth-order valence-electron chi connectivity index (χ4n) is 2.12. The summed E-state index contributed by atoms with van der Waals surface area (Å²) in [6.07, 6.45) is -2.10. The molecule has 1 heterocycles.